The van der Waals surface area contributed by atoms with Gasteiger partial charge in [-0.15, -0.1) is 0 Å². The summed E-state index contributed by atoms with van der Waals surface area (Å²) >= 11 is 0. The molecule has 6 nitrogen and oxygen atoms in total. The van der Waals surface area contributed by atoms with Crippen LogP contribution in [0, 0.1) is 5.92 Å². The van der Waals surface area contributed by atoms with Gasteiger partial charge >= 0.3 is 6.09 Å². The Bertz CT molecular complexity index is 691. The number of anilines is 1. The van der Waals surface area contributed by atoms with Crippen molar-refractivity contribution in [3.05, 3.63) is 29.8 Å². The summed E-state index contributed by atoms with van der Waals surface area (Å²) in [4.78, 5) is 28.7. The number of carbonyl (C=O) groups excluding carboxylic acids is 2. The Labute approximate surface area is 168 Å². The molecule has 6 heteroatoms. The number of hydrogen-bond donors (Lipinski definition) is 1. The van der Waals surface area contributed by atoms with Gasteiger partial charge < -0.3 is 19.9 Å². The number of rotatable bonds is 5. The van der Waals surface area contributed by atoms with Gasteiger partial charge in [0.25, 0.3) is 0 Å². The zero-order chi connectivity index (χ0) is 20.1. The monoisotopic (exact) mass is 387 g/mol. The second-order valence-corrected chi connectivity index (χ2v) is 8.75. The molecule has 0 aliphatic carbocycles. The van der Waals surface area contributed by atoms with E-state index in [1.807, 2.05) is 20.8 Å². The van der Waals surface area contributed by atoms with Crippen molar-refractivity contribution in [2.75, 3.05) is 37.6 Å². The molecule has 0 radical (unpaired) electrons. The zero-order valence-electron chi connectivity index (χ0n) is 17.4. The van der Waals surface area contributed by atoms with Crippen molar-refractivity contribution < 1.29 is 14.3 Å². The first-order valence-corrected chi connectivity index (χ1v) is 10.4. The normalized spacial score (nSPS) is 17.4. The summed E-state index contributed by atoms with van der Waals surface area (Å²) in [5.41, 5.74) is 2.27. The number of para-hydroxylation sites is 1. The van der Waals surface area contributed by atoms with Crippen LogP contribution in [-0.4, -0.2) is 55.2 Å². The topological polar surface area (TPSA) is 61.9 Å². The maximum Gasteiger partial charge on any atom is 0.410 e. The van der Waals surface area contributed by atoms with Gasteiger partial charge in [-0.25, -0.2) is 4.79 Å². The molecule has 1 aromatic carbocycles. The van der Waals surface area contributed by atoms with E-state index in [9.17, 15) is 9.59 Å². The molecule has 0 bridgehead atoms. The van der Waals surface area contributed by atoms with Gasteiger partial charge in [-0.2, -0.15) is 0 Å². The number of carbonyl (C=O) groups is 2. The van der Waals surface area contributed by atoms with Crippen LogP contribution in [0.25, 0.3) is 0 Å². The molecule has 2 amide bonds. The Morgan fingerprint density at radius 2 is 1.86 bits per heavy atom. The highest BCUT2D eigenvalue weighted by Crippen LogP contribution is 2.27. The summed E-state index contributed by atoms with van der Waals surface area (Å²) in [6.07, 6.45) is 3.17. The zero-order valence-corrected chi connectivity index (χ0v) is 17.4. The fourth-order valence-corrected chi connectivity index (χ4v) is 3.92. The van der Waals surface area contributed by atoms with Crippen molar-refractivity contribution in [1.29, 1.82) is 0 Å². The van der Waals surface area contributed by atoms with Crippen LogP contribution in [0.4, 0.5) is 10.5 Å². The molecular formula is C22H33N3O3. The van der Waals surface area contributed by atoms with Crippen LogP contribution in [-0.2, 0) is 16.0 Å². The molecule has 0 spiro atoms. The minimum absolute atomic E-state index is 0.00815. The molecule has 0 unspecified atom stereocenters. The molecule has 0 atom stereocenters. The molecule has 3 rings (SSSR count). The Morgan fingerprint density at radius 3 is 2.57 bits per heavy atom. The summed E-state index contributed by atoms with van der Waals surface area (Å²) in [5, 5.41) is 3.08. The highest BCUT2D eigenvalue weighted by Gasteiger charge is 2.29. The fourth-order valence-electron chi connectivity index (χ4n) is 3.92. The van der Waals surface area contributed by atoms with Gasteiger partial charge in [0.05, 0.1) is 0 Å². The minimum atomic E-state index is -0.485. The number of benzene rings is 1. The van der Waals surface area contributed by atoms with Crippen molar-refractivity contribution in [3.8, 4) is 0 Å². The first-order valence-electron chi connectivity index (χ1n) is 10.4. The molecule has 0 saturated carbocycles. The number of hydrogen-bond acceptors (Lipinski definition) is 4. The van der Waals surface area contributed by atoms with E-state index in [2.05, 4.69) is 34.5 Å². The van der Waals surface area contributed by atoms with Gasteiger partial charge in [0.15, 0.2) is 0 Å². The first-order chi connectivity index (χ1) is 13.3. The molecule has 2 aliphatic rings. The first kappa shape index (κ1) is 20.5. The van der Waals surface area contributed by atoms with E-state index in [4.69, 9.17) is 4.74 Å². The molecule has 1 N–H and O–H groups in total. The highest BCUT2D eigenvalue weighted by molar-refractivity contribution is 5.79. The quantitative estimate of drug-likeness (QED) is 0.788. The number of ether oxygens (including phenoxy) is 1. The number of nitrogens with one attached hydrogen (secondary N) is 1. The fraction of sp³-hybridized carbons (Fsp3) is 0.636. The summed E-state index contributed by atoms with van der Waals surface area (Å²) < 4.78 is 5.41. The maximum atomic E-state index is 12.4. The van der Waals surface area contributed by atoms with Crippen LogP contribution in [0.3, 0.4) is 0 Å². The van der Waals surface area contributed by atoms with E-state index in [0.29, 0.717) is 32.5 Å². The molecule has 1 aromatic rings. The smallest absolute Gasteiger partial charge is 0.410 e. The SMILES string of the molecule is CC(C)(C)OC(=O)N1CCC(C(=O)NCCCN2CCc3ccccc32)CC1. The van der Waals surface area contributed by atoms with Crippen molar-refractivity contribution in [1.82, 2.24) is 10.2 Å². The molecule has 2 aliphatic heterocycles. The van der Waals surface area contributed by atoms with Crippen molar-refractivity contribution >= 4 is 17.7 Å². The molecule has 0 aromatic heterocycles. The van der Waals surface area contributed by atoms with Crippen LogP contribution in [0.2, 0.25) is 0 Å². The molecule has 2 heterocycles. The van der Waals surface area contributed by atoms with Crippen LogP contribution < -0.4 is 10.2 Å². The number of nitrogens with zero attached hydrogens (tertiary/aromatic N) is 2. The predicted molar refractivity (Wildman–Crippen MR) is 111 cm³/mol. The van der Waals surface area contributed by atoms with Crippen molar-refractivity contribution in [2.45, 2.75) is 52.1 Å². The van der Waals surface area contributed by atoms with Crippen LogP contribution >= 0.6 is 0 Å². The van der Waals surface area contributed by atoms with E-state index in [-0.39, 0.29) is 17.9 Å². The number of likely N-dealkylation sites (tertiary alicyclic amines) is 1. The second kappa shape index (κ2) is 8.84. The van der Waals surface area contributed by atoms with Crippen LogP contribution in [0.1, 0.15) is 45.6 Å². The summed E-state index contributed by atoms with van der Waals surface area (Å²) in [6.45, 7) is 9.49. The third-order valence-electron chi connectivity index (χ3n) is 5.40. The molecular weight excluding hydrogens is 354 g/mol. The summed E-state index contributed by atoms with van der Waals surface area (Å²) in [5.74, 6) is 0.108. The summed E-state index contributed by atoms with van der Waals surface area (Å²) in [7, 11) is 0. The second-order valence-electron chi connectivity index (χ2n) is 8.75. The lowest BCUT2D eigenvalue weighted by Gasteiger charge is -2.33. The summed E-state index contributed by atoms with van der Waals surface area (Å²) in [6, 6.07) is 8.55. The Kier molecular flexibility index (Phi) is 6.47. The highest BCUT2D eigenvalue weighted by atomic mass is 16.6. The lowest BCUT2D eigenvalue weighted by Crippen LogP contribution is -2.45. The average Bonchev–Trinajstić information content (AvgIpc) is 3.07. The van der Waals surface area contributed by atoms with Gasteiger partial charge in [0.1, 0.15) is 5.60 Å². The molecule has 154 valence electrons. The van der Waals surface area contributed by atoms with Gasteiger partial charge in [-0.3, -0.25) is 4.79 Å². The van der Waals surface area contributed by atoms with Crippen LogP contribution in [0.15, 0.2) is 24.3 Å². The van der Waals surface area contributed by atoms with Gasteiger partial charge in [0, 0.05) is 44.3 Å². The van der Waals surface area contributed by atoms with Crippen molar-refractivity contribution in [2.24, 2.45) is 5.92 Å². The van der Waals surface area contributed by atoms with Crippen molar-refractivity contribution in [3.63, 3.8) is 0 Å². The number of piperidine rings is 1. The number of fused-ring (bicyclic) bond motifs is 1. The van der Waals surface area contributed by atoms with Gasteiger partial charge in [0.2, 0.25) is 5.91 Å². The van der Waals surface area contributed by atoms with Gasteiger partial charge in [-0.05, 0) is 58.1 Å². The lowest BCUT2D eigenvalue weighted by atomic mass is 9.96. The van der Waals surface area contributed by atoms with E-state index in [1.54, 1.807) is 4.90 Å². The lowest BCUT2D eigenvalue weighted by molar-refractivity contribution is -0.126. The average molecular weight is 388 g/mol. The minimum Gasteiger partial charge on any atom is -0.444 e. The van der Waals surface area contributed by atoms with E-state index >= 15 is 0 Å². The molecule has 28 heavy (non-hydrogen) atoms. The third-order valence-corrected chi connectivity index (χ3v) is 5.40. The van der Waals surface area contributed by atoms with E-state index in [0.717, 1.165) is 25.9 Å². The Balaban J connectivity index is 1.34. The molecule has 1 fully saturated rings. The third kappa shape index (κ3) is 5.40. The molecule has 1 saturated heterocycles. The predicted octanol–water partition coefficient (Wildman–Crippen LogP) is 3.20. The Morgan fingerprint density at radius 1 is 1.14 bits per heavy atom. The largest absolute Gasteiger partial charge is 0.444 e. The Hall–Kier alpha value is -2.24. The van der Waals surface area contributed by atoms with Crippen LogP contribution in [0.5, 0.6) is 0 Å². The van der Waals surface area contributed by atoms with E-state index < -0.39 is 5.60 Å². The maximum absolute atomic E-state index is 12.4. The van der Waals surface area contributed by atoms with E-state index in [1.165, 1.54) is 11.3 Å². The number of amides is 2. The van der Waals surface area contributed by atoms with Gasteiger partial charge in [-0.1, -0.05) is 18.2 Å². The standard InChI is InChI=1S/C22H33N3O3/c1-22(2,3)28-21(27)25-15-10-18(11-16-25)20(26)23-12-6-13-24-14-9-17-7-4-5-8-19(17)24/h4-5,7-8,18H,6,9-16H2,1-3H3,(H,23,26).